The van der Waals surface area contributed by atoms with Crippen molar-refractivity contribution >= 4 is 22.9 Å². The Hall–Kier alpha value is -0.0500. The van der Waals surface area contributed by atoms with E-state index in [1.54, 1.807) is 11.3 Å². The van der Waals surface area contributed by atoms with Gasteiger partial charge in [0.05, 0.1) is 12.7 Å². The number of thiophene rings is 1. The Bertz CT molecular complexity index is 311. The van der Waals surface area contributed by atoms with Gasteiger partial charge >= 0.3 is 0 Å². The van der Waals surface area contributed by atoms with Crippen LogP contribution in [0.15, 0.2) is 17.5 Å². The molecule has 3 atom stereocenters. The van der Waals surface area contributed by atoms with Crippen molar-refractivity contribution in [2.75, 3.05) is 0 Å². The smallest absolute Gasteiger partial charge is 0.0813 e. The van der Waals surface area contributed by atoms with Crippen molar-refractivity contribution in [2.45, 2.75) is 44.8 Å². The van der Waals surface area contributed by atoms with E-state index in [9.17, 15) is 0 Å². The van der Waals surface area contributed by atoms with E-state index >= 15 is 0 Å². The third-order valence-electron chi connectivity index (χ3n) is 3.64. The number of hydrogen-bond donors (Lipinski definition) is 0. The van der Waals surface area contributed by atoms with Gasteiger partial charge in [0, 0.05) is 15.7 Å². The maximum atomic E-state index is 6.23. The lowest BCUT2D eigenvalue weighted by molar-refractivity contribution is -0.107. The molecule has 1 fully saturated rings. The molecule has 0 radical (unpaired) electrons. The molecule has 0 saturated heterocycles. The summed E-state index contributed by atoms with van der Waals surface area (Å²) in [6, 6.07) is 4.18. The zero-order valence-electron chi connectivity index (χ0n) is 9.20. The molecule has 3 unspecified atom stereocenters. The third-order valence-corrected chi connectivity index (χ3v) is 5.17. The summed E-state index contributed by atoms with van der Waals surface area (Å²) < 4.78 is 5.93. The molecule has 15 heavy (non-hydrogen) atoms. The van der Waals surface area contributed by atoms with E-state index in [-0.39, 0.29) is 10.8 Å². The van der Waals surface area contributed by atoms with Crippen LogP contribution in [0, 0.1) is 5.41 Å². The molecule has 1 aromatic rings. The van der Waals surface area contributed by atoms with Crippen molar-refractivity contribution in [1.82, 2.24) is 0 Å². The Morgan fingerprint density at radius 3 is 3.00 bits per heavy atom. The van der Waals surface area contributed by atoms with Crippen LogP contribution in [-0.2, 0) is 11.3 Å². The lowest BCUT2D eigenvalue weighted by Gasteiger charge is -2.50. The minimum atomic E-state index is 0.179. The van der Waals surface area contributed by atoms with E-state index in [0.29, 0.717) is 6.10 Å². The highest BCUT2D eigenvalue weighted by Crippen LogP contribution is 2.49. The summed E-state index contributed by atoms with van der Waals surface area (Å²) in [5, 5.41) is 2.37. The number of ether oxygens (including phenoxy) is 1. The Morgan fingerprint density at radius 1 is 1.67 bits per heavy atom. The predicted molar refractivity (Wildman–Crippen MR) is 65.6 cm³/mol. The van der Waals surface area contributed by atoms with Gasteiger partial charge in [-0.3, -0.25) is 0 Å². The summed E-state index contributed by atoms with van der Waals surface area (Å²) in [5.74, 6) is 0. The topological polar surface area (TPSA) is 9.23 Å². The van der Waals surface area contributed by atoms with E-state index in [1.165, 1.54) is 4.88 Å². The standard InChI is InChI=1S/C12H17ClOS/c1-3-12(2)10(13)7-11(12)14-8-9-5-4-6-15-9/h4-6,10-11H,3,7-8H2,1-2H3. The number of halogens is 1. The molecule has 1 nitrogen and oxygen atoms in total. The minimum Gasteiger partial charge on any atom is -0.372 e. The van der Waals surface area contributed by atoms with Crippen molar-refractivity contribution in [3.8, 4) is 0 Å². The van der Waals surface area contributed by atoms with Crippen LogP contribution in [0.5, 0.6) is 0 Å². The van der Waals surface area contributed by atoms with Crippen molar-refractivity contribution in [1.29, 1.82) is 0 Å². The second-order valence-electron chi connectivity index (χ2n) is 4.44. The molecule has 84 valence electrons. The van der Waals surface area contributed by atoms with Gasteiger partial charge in [-0.05, 0) is 24.3 Å². The second-order valence-corrected chi connectivity index (χ2v) is 6.00. The second kappa shape index (κ2) is 4.44. The molecular weight excluding hydrogens is 228 g/mol. The van der Waals surface area contributed by atoms with Gasteiger partial charge in [-0.1, -0.05) is 19.9 Å². The van der Waals surface area contributed by atoms with E-state index < -0.39 is 0 Å². The molecule has 0 bridgehead atoms. The molecule has 0 N–H and O–H groups in total. The van der Waals surface area contributed by atoms with Gasteiger partial charge in [0.15, 0.2) is 0 Å². The van der Waals surface area contributed by atoms with Crippen LogP contribution in [0.25, 0.3) is 0 Å². The molecule has 0 spiro atoms. The molecule has 1 aliphatic rings. The Labute approximate surface area is 100 Å². The molecule has 0 amide bonds. The van der Waals surface area contributed by atoms with Gasteiger partial charge in [-0.15, -0.1) is 22.9 Å². The Balaban J connectivity index is 1.86. The summed E-state index contributed by atoms with van der Waals surface area (Å²) in [5.41, 5.74) is 0.179. The molecule has 1 saturated carbocycles. The summed E-state index contributed by atoms with van der Waals surface area (Å²) >= 11 is 7.98. The first-order valence-electron chi connectivity index (χ1n) is 5.45. The molecular formula is C12H17ClOS. The first-order chi connectivity index (χ1) is 7.16. The summed E-state index contributed by atoms with van der Waals surface area (Å²) in [4.78, 5) is 1.30. The third kappa shape index (κ3) is 2.08. The van der Waals surface area contributed by atoms with Gasteiger partial charge in [-0.25, -0.2) is 0 Å². The van der Waals surface area contributed by atoms with Crippen LogP contribution in [0.1, 0.15) is 31.6 Å². The molecule has 0 aliphatic heterocycles. The average Bonchev–Trinajstić information content (AvgIpc) is 2.75. The van der Waals surface area contributed by atoms with E-state index in [2.05, 4.69) is 31.4 Å². The van der Waals surface area contributed by atoms with Crippen LogP contribution in [0.3, 0.4) is 0 Å². The van der Waals surface area contributed by atoms with Gasteiger partial charge in [0.25, 0.3) is 0 Å². The highest BCUT2D eigenvalue weighted by molar-refractivity contribution is 7.09. The SMILES string of the molecule is CCC1(C)C(Cl)CC1OCc1cccs1. The minimum absolute atomic E-state index is 0.179. The summed E-state index contributed by atoms with van der Waals surface area (Å²) in [6.07, 6.45) is 2.43. The van der Waals surface area contributed by atoms with Crippen LogP contribution in [0.2, 0.25) is 0 Å². The first kappa shape index (κ1) is 11.4. The van der Waals surface area contributed by atoms with Crippen molar-refractivity contribution in [3.63, 3.8) is 0 Å². The summed E-state index contributed by atoms with van der Waals surface area (Å²) in [6.45, 7) is 5.16. The maximum absolute atomic E-state index is 6.23. The number of hydrogen-bond acceptors (Lipinski definition) is 2. The monoisotopic (exact) mass is 244 g/mol. The predicted octanol–water partition coefficient (Wildman–Crippen LogP) is 4.06. The zero-order chi connectivity index (χ0) is 10.9. The Kier molecular flexibility index (Phi) is 3.39. The zero-order valence-corrected chi connectivity index (χ0v) is 10.8. The number of rotatable bonds is 4. The van der Waals surface area contributed by atoms with Crippen LogP contribution in [0.4, 0.5) is 0 Å². The number of alkyl halides is 1. The highest BCUT2D eigenvalue weighted by Gasteiger charge is 2.50. The average molecular weight is 245 g/mol. The molecule has 1 aromatic heterocycles. The molecule has 3 heteroatoms. The largest absolute Gasteiger partial charge is 0.372 e. The lowest BCUT2D eigenvalue weighted by atomic mass is 9.65. The fourth-order valence-corrected chi connectivity index (χ4v) is 3.13. The van der Waals surface area contributed by atoms with Crippen LogP contribution >= 0.6 is 22.9 Å². The van der Waals surface area contributed by atoms with Crippen molar-refractivity contribution in [3.05, 3.63) is 22.4 Å². The first-order valence-corrected chi connectivity index (χ1v) is 6.76. The van der Waals surface area contributed by atoms with E-state index in [1.807, 2.05) is 0 Å². The fourth-order valence-electron chi connectivity index (χ4n) is 2.05. The summed E-state index contributed by atoms with van der Waals surface area (Å²) in [7, 11) is 0. The quantitative estimate of drug-likeness (QED) is 0.726. The highest BCUT2D eigenvalue weighted by atomic mass is 35.5. The van der Waals surface area contributed by atoms with Gasteiger partial charge in [-0.2, -0.15) is 0 Å². The molecule has 1 heterocycles. The van der Waals surface area contributed by atoms with Gasteiger partial charge in [0.1, 0.15) is 0 Å². The van der Waals surface area contributed by atoms with Crippen molar-refractivity contribution in [2.24, 2.45) is 5.41 Å². The molecule has 2 rings (SSSR count). The van der Waals surface area contributed by atoms with Crippen molar-refractivity contribution < 1.29 is 4.74 Å². The van der Waals surface area contributed by atoms with Gasteiger partial charge in [0.2, 0.25) is 0 Å². The maximum Gasteiger partial charge on any atom is 0.0813 e. The van der Waals surface area contributed by atoms with E-state index in [0.717, 1.165) is 19.4 Å². The van der Waals surface area contributed by atoms with Gasteiger partial charge < -0.3 is 4.74 Å². The lowest BCUT2D eigenvalue weighted by Crippen LogP contribution is -2.53. The molecule has 0 aromatic carbocycles. The van der Waals surface area contributed by atoms with Crippen LogP contribution in [-0.4, -0.2) is 11.5 Å². The fraction of sp³-hybridized carbons (Fsp3) is 0.667. The normalized spacial score (nSPS) is 35.1. The Morgan fingerprint density at radius 2 is 2.47 bits per heavy atom. The molecule has 1 aliphatic carbocycles. The van der Waals surface area contributed by atoms with E-state index in [4.69, 9.17) is 16.3 Å². The van der Waals surface area contributed by atoms with Crippen LogP contribution < -0.4 is 0 Å².